The number of nitrogens with one attached hydrogen (secondary N) is 1. The summed E-state index contributed by atoms with van der Waals surface area (Å²) in [6.07, 6.45) is 2.31. The number of fused-ring (bicyclic) bond motifs is 1. The summed E-state index contributed by atoms with van der Waals surface area (Å²) in [5.74, 6) is 0.386. The van der Waals surface area contributed by atoms with Crippen molar-refractivity contribution < 1.29 is 22.7 Å². The summed E-state index contributed by atoms with van der Waals surface area (Å²) < 4.78 is 43.2. The first-order valence-corrected chi connectivity index (χ1v) is 11.4. The zero-order valence-electron chi connectivity index (χ0n) is 19.1. The molecule has 3 N–H and O–H groups in total. The minimum atomic E-state index is -4.43. The first kappa shape index (κ1) is 23.6. The molecule has 5 rings (SSSR count). The van der Waals surface area contributed by atoms with Crippen molar-refractivity contribution in [2.45, 2.75) is 38.0 Å². The van der Waals surface area contributed by atoms with Crippen LogP contribution in [0.4, 0.5) is 19.0 Å². The second-order valence-corrected chi connectivity index (χ2v) is 8.74. The largest absolute Gasteiger partial charge is 0.468 e. The summed E-state index contributed by atoms with van der Waals surface area (Å²) in [6, 6.07) is 10.6. The van der Waals surface area contributed by atoms with Crippen molar-refractivity contribution in [3.05, 3.63) is 77.4 Å². The topological polar surface area (TPSA) is 108 Å². The van der Waals surface area contributed by atoms with Crippen LogP contribution >= 0.6 is 0 Å². The van der Waals surface area contributed by atoms with Crippen molar-refractivity contribution in [1.29, 1.82) is 0 Å². The molecule has 4 aromatic rings. The smallest absolute Gasteiger partial charge is 0.422 e. The van der Waals surface area contributed by atoms with Gasteiger partial charge in [0.1, 0.15) is 5.82 Å². The number of anilines is 1. The highest BCUT2D eigenvalue weighted by Crippen LogP contribution is 2.40. The average molecular weight is 496 g/mol. The summed E-state index contributed by atoms with van der Waals surface area (Å²) >= 11 is 0. The zero-order valence-corrected chi connectivity index (χ0v) is 19.1. The summed E-state index contributed by atoms with van der Waals surface area (Å²) in [7, 11) is 0. The van der Waals surface area contributed by atoms with E-state index >= 15 is 0 Å². The zero-order chi connectivity index (χ0) is 25.3. The van der Waals surface area contributed by atoms with Crippen LogP contribution in [0.1, 0.15) is 45.9 Å². The molecule has 1 aliphatic rings. The van der Waals surface area contributed by atoms with Crippen molar-refractivity contribution in [2.24, 2.45) is 0 Å². The predicted octanol–water partition coefficient (Wildman–Crippen LogP) is 4.21. The standard InChI is InChI=1S/C25H23F3N6O2/c26-25(27,28)14-36-21-6-2-16(11-31-21)12-34-13-20(22(33-34)17-3-4-17)24(35)32-10-15-1-5-19-18(9-15)7-8-30-23(19)29/h1-2,5-9,11,13,17H,3-4,10,12,14H2,(H2,29,30)(H,32,35). The second-order valence-electron chi connectivity index (χ2n) is 8.74. The van der Waals surface area contributed by atoms with Crippen LogP contribution in [0.5, 0.6) is 5.88 Å². The Morgan fingerprint density at radius 2 is 1.94 bits per heavy atom. The van der Waals surface area contributed by atoms with Gasteiger partial charge in [-0.2, -0.15) is 18.3 Å². The van der Waals surface area contributed by atoms with Gasteiger partial charge in [0.15, 0.2) is 6.61 Å². The quantitative estimate of drug-likeness (QED) is 0.379. The molecule has 0 atom stereocenters. The van der Waals surface area contributed by atoms with Crippen molar-refractivity contribution in [2.75, 3.05) is 12.3 Å². The van der Waals surface area contributed by atoms with Crippen LogP contribution in [0.2, 0.25) is 0 Å². The molecular weight excluding hydrogens is 473 g/mol. The number of nitrogen functional groups attached to an aromatic ring is 1. The van der Waals surface area contributed by atoms with Crippen LogP contribution in [-0.4, -0.2) is 38.4 Å². The lowest BCUT2D eigenvalue weighted by Gasteiger charge is -2.08. The van der Waals surface area contributed by atoms with Gasteiger partial charge in [-0.3, -0.25) is 9.48 Å². The lowest BCUT2D eigenvalue weighted by Crippen LogP contribution is -2.23. The Bertz CT molecular complexity index is 1400. The van der Waals surface area contributed by atoms with Gasteiger partial charge >= 0.3 is 6.18 Å². The monoisotopic (exact) mass is 496 g/mol. The number of halogens is 3. The molecule has 3 heterocycles. The van der Waals surface area contributed by atoms with Gasteiger partial charge in [-0.15, -0.1) is 0 Å². The van der Waals surface area contributed by atoms with E-state index in [0.717, 1.165) is 40.4 Å². The molecule has 1 fully saturated rings. The van der Waals surface area contributed by atoms with Crippen molar-refractivity contribution in [3.63, 3.8) is 0 Å². The van der Waals surface area contributed by atoms with E-state index in [1.165, 1.54) is 12.3 Å². The Morgan fingerprint density at radius 1 is 1.14 bits per heavy atom. The van der Waals surface area contributed by atoms with Crippen LogP contribution in [0.15, 0.2) is 55.0 Å². The van der Waals surface area contributed by atoms with Crippen LogP contribution < -0.4 is 15.8 Å². The van der Waals surface area contributed by atoms with Gasteiger partial charge in [-0.1, -0.05) is 18.2 Å². The number of hydrogen-bond acceptors (Lipinski definition) is 6. The average Bonchev–Trinajstić information content (AvgIpc) is 3.61. The van der Waals surface area contributed by atoms with Crippen LogP contribution in [0, 0.1) is 0 Å². The molecule has 11 heteroatoms. The van der Waals surface area contributed by atoms with Crippen LogP contribution in [0.3, 0.4) is 0 Å². The molecule has 1 aromatic carbocycles. The van der Waals surface area contributed by atoms with E-state index in [1.54, 1.807) is 23.1 Å². The SMILES string of the molecule is Nc1nccc2cc(CNC(=O)c3cn(Cc4ccc(OCC(F)(F)F)nc4)nc3C3CC3)ccc12. The third-order valence-electron chi connectivity index (χ3n) is 5.84. The van der Waals surface area contributed by atoms with Gasteiger partial charge in [0.25, 0.3) is 5.91 Å². The number of carbonyl (C=O) groups is 1. The molecule has 1 aliphatic carbocycles. The number of ether oxygens (including phenoxy) is 1. The molecule has 0 saturated heterocycles. The number of alkyl halides is 3. The Kier molecular flexibility index (Phi) is 6.21. The number of nitrogens with zero attached hydrogens (tertiary/aromatic N) is 4. The normalized spacial score (nSPS) is 13.6. The number of amides is 1. The van der Waals surface area contributed by atoms with Crippen LogP contribution in [-0.2, 0) is 13.1 Å². The molecule has 0 radical (unpaired) electrons. The number of benzene rings is 1. The summed E-state index contributed by atoms with van der Waals surface area (Å²) in [4.78, 5) is 21.0. The van der Waals surface area contributed by atoms with E-state index in [1.807, 2.05) is 24.3 Å². The molecule has 3 aromatic heterocycles. The highest BCUT2D eigenvalue weighted by molar-refractivity contribution is 5.95. The van der Waals surface area contributed by atoms with E-state index in [-0.39, 0.29) is 17.7 Å². The summed E-state index contributed by atoms with van der Waals surface area (Å²) in [5.41, 5.74) is 8.83. The molecule has 36 heavy (non-hydrogen) atoms. The minimum Gasteiger partial charge on any atom is -0.468 e. The number of rotatable bonds is 8. The maximum atomic E-state index is 13.0. The third kappa shape index (κ3) is 5.56. The minimum absolute atomic E-state index is 0.108. The molecular formula is C25H23F3N6O2. The molecule has 0 spiro atoms. The Morgan fingerprint density at radius 3 is 2.67 bits per heavy atom. The highest BCUT2D eigenvalue weighted by atomic mass is 19.4. The fraction of sp³-hybridized carbons (Fsp3) is 0.280. The number of aromatic nitrogens is 4. The highest BCUT2D eigenvalue weighted by Gasteiger charge is 2.31. The molecule has 0 unspecified atom stereocenters. The number of pyridine rings is 2. The Hall–Kier alpha value is -4.15. The van der Waals surface area contributed by atoms with Crippen molar-refractivity contribution in [1.82, 2.24) is 25.1 Å². The van der Waals surface area contributed by atoms with Gasteiger partial charge in [0.2, 0.25) is 5.88 Å². The van der Waals surface area contributed by atoms with Crippen LogP contribution in [0.25, 0.3) is 10.8 Å². The van der Waals surface area contributed by atoms with E-state index in [4.69, 9.17) is 5.73 Å². The third-order valence-corrected chi connectivity index (χ3v) is 5.84. The van der Waals surface area contributed by atoms with Gasteiger partial charge in [0.05, 0.1) is 17.8 Å². The molecule has 8 nitrogen and oxygen atoms in total. The number of hydrogen-bond donors (Lipinski definition) is 2. The first-order chi connectivity index (χ1) is 17.2. The lowest BCUT2D eigenvalue weighted by atomic mass is 10.1. The fourth-order valence-electron chi connectivity index (χ4n) is 3.92. The Balaban J connectivity index is 1.26. The predicted molar refractivity (Wildman–Crippen MR) is 126 cm³/mol. The lowest BCUT2D eigenvalue weighted by molar-refractivity contribution is -0.154. The van der Waals surface area contributed by atoms with E-state index < -0.39 is 12.8 Å². The molecule has 0 bridgehead atoms. The maximum Gasteiger partial charge on any atom is 0.422 e. The molecule has 1 saturated carbocycles. The van der Waals surface area contributed by atoms with E-state index in [0.29, 0.717) is 24.5 Å². The maximum absolute atomic E-state index is 13.0. The van der Waals surface area contributed by atoms with Crippen molar-refractivity contribution >= 4 is 22.5 Å². The second kappa shape index (κ2) is 9.48. The number of nitrogens with two attached hydrogens (primary N) is 1. The fourth-order valence-corrected chi connectivity index (χ4v) is 3.92. The van der Waals surface area contributed by atoms with E-state index in [2.05, 4.69) is 25.1 Å². The molecule has 0 aliphatic heterocycles. The van der Waals surface area contributed by atoms with Gasteiger partial charge in [-0.25, -0.2) is 9.97 Å². The first-order valence-electron chi connectivity index (χ1n) is 11.4. The molecule has 1 amide bonds. The number of carbonyl (C=O) groups excluding carboxylic acids is 1. The van der Waals surface area contributed by atoms with Gasteiger partial charge < -0.3 is 15.8 Å². The van der Waals surface area contributed by atoms with E-state index in [9.17, 15) is 18.0 Å². The Labute approximate surface area is 204 Å². The summed E-state index contributed by atoms with van der Waals surface area (Å²) in [5, 5.41) is 9.39. The molecule has 186 valence electrons. The van der Waals surface area contributed by atoms with Gasteiger partial charge in [-0.05, 0) is 41.5 Å². The van der Waals surface area contributed by atoms with Gasteiger partial charge in [0, 0.05) is 42.5 Å². The summed E-state index contributed by atoms with van der Waals surface area (Å²) in [6.45, 7) is -0.735. The van der Waals surface area contributed by atoms with Crippen molar-refractivity contribution in [3.8, 4) is 5.88 Å².